The van der Waals surface area contributed by atoms with Crippen molar-refractivity contribution in [3.8, 4) is 0 Å². The molecule has 2 aromatic heterocycles. The molecule has 0 bridgehead atoms. The van der Waals surface area contributed by atoms with Gasteiger partial charge in [-0.15, -0.1) is 0 Å². The van der Waals surface area contributed by atoms with Gasteiger partial charge in [-0.05, 0) is 49.1 Å². The first-order chi connectivity index (χ1) is 14.6. The van der Waals surface area contributed by atoms with E-state index in [1.165, 1.54) is 0 Å². The van der Waals surface area contributed by atoms with Crippen molar-refractivity contribution in [2.45, 2.75) is 44.8 Å². The summed E-state index contributed by atoms with van der Waals surface area (Å²) in [5, 5.41) is 9.58. The molecule has 3 aromatic rings. The second kappa shape index (κ2) is 8.62. The van der Waals surface area contributed by atoms with Crippen LogP contribution in [-0.2, 0) is 13.0 Å². The normalized spacial score (nSPS) is 18.1. The molecule has 0 aliphatic heterocycles. The van der Waals surface area contributed by atoms with Crippen molar-refractivity contribution >= 4 is 22.6 Å². The fourth-order valence-electron chi connectivity index (χ4n) is 3.66. The summed E-state index contributed by atoms with van der Waals surface area (Å²) in [7, 11) is 1.59. The van der Waals surface area contributed by atoms with Gasteiger partial charge in [0.05, 0.1) is 22.9 Å². The van der Waals surface area contributed by atoms with E-state index in [1.54, 1.807) is 19.3 Å². The van der Waals surface area contributed by atoms with Crippen molar-refractivity contribution < 1.29 is 4.79 Å². The largest absolute Gasteiger partial charge is 0.381 e. The van der Waals surface area contributed by atoms with Gasteiger partial charge in [-0.3, -0.25) is 9.59 Å². The molecular weight excluding hydrogens is 380 g/mol. The first-order valence-corrected chi connectivity index (χ1v) is 10.3. The number of H-pyrrole nitrogens is 1. The molecule has 1 aromatic carbocycles. The average molecular weight is 406 g/mol. The third kappa shape index (κ3) is 4.33. The zero-order valence-corrected chi connectivity index (χ0v) is 17.2. The van der Waals surface area contributed by atoms with Gasteiger partial charge in [-0.1, -0.05) is 13.0 Å². The van der Waals surface area contributed by atoms with E-state index < -0.39 is 0 Å². The van der Waals surface area contributed by atoms with E-state index >= 15 is 0 Å². The number of carbonyl (C=O) groups is 1. The number of hydrogen-bond donors (Lipinski definition) is 4. The minimum Gasteiger partial charge on any atom is -0.381 e. The predicted octanol–water partition coefficient (Wildman–Crippen LogP) is 1.97. The topological polar surface area (TPSA) is 112 Å². The summed E-state index contributed by atoms with van der Waals surface area (Å²) in [5.74, 6) is -0.186. The van der Waals surface area contributed by atoms with Gasteiger partial charge < -0.3 is 20.9 Å². The van der Waals surface area contributed by atoms with Crippen LogP contribution in [0.15, 0.2) is 41.3 Å². The van der Waals surface area contributed by atoms with E-state index in [0.29, 0.717) is 29.9 Å². The molecule has 0 radical (unpaired) electrons. The van der Waals surface area contributed by atoms with Gasteiger partial charge in [0, 0.05) is 25.7 Å². The number of hydrogen-bond acceptors (Lipinski definition) is 6. The van der Waals surface area contributed by atoms with Crippen molar-refractivity contribution in [2.75, 3.05) is 12.4 Å². The van der Waals surface area contributed by atoms with E-state index in [2.05, 4.69) is 30.9 Å². The molecule has 30 heavy (non-hydrogen) atoms. The maximum absolute atomic E-state index is 12.0. The molecule has 8 heteroatoms. The molecule has 1 fully saturated rings. The van der Waals surface area contributed by atoms with E-state index in [-0.39, 0.29) is 11.5 Å². The lowest BCUT2D eigenvalue weighted by Gasteiger charge is -2.37. The Kier molecular flexibility index (Phi) is 5.76. The summed E-state index contributed by atoms with van der Waals surface area (Å²) in [6.07, 6.45) is 4.35. The number of benzene rings is 1. The fraction of sp³-hybridized carbons (Fsp3) is 0.364. The Morgan fingerprint density at radius 1 is 1.20 bits per heavy atom. The van der Waals surface area contributed by atoms with Crippen LogP contribution in [0.4, 0.5) is 5.69 Å². The molecule has 1 aliphatic carbocycles. The van der Waals surface area contributed by atoms with Gasteiger partial charge in [0.1, 0.15) is 11.4 Å². The van der Waals surface area contributed by atoms with Crippen molar-refractivity contribution in [1.29, 1.82) is 0 Å². The Morgan fingerprint density at radius 2 is 2.03 bits per heavy atom. The number of aryl methyl sites for hydroxylation is 1. The molecule has 0 atom stereocenters. The fourth-order valence-corrected chi connectivity index (χ4v) is 3.66. The average Bonchev–Trinajstić information content (AvgIpc) is 2.74. The standard InChI is InChI=1S/C22H26N6O2/c1-3-17-22(30)28-20-8-13(4-6-18(20)27-17)11-24-15-9-16(10-15)26-14-5-7-19(25-12-14)21(29)23-2/h4-8,12,15-16,24,26H,3,9-11H2,1-2H3,(H,23,29)(H,28,30). The third-order valence-corrected chi connectivity index (χ3v) is 5.49. The third-order valence-electron chi connectivity index (χ3n) is 5.49. The van der Waals surface area contributed by atoms with Crippen LogP contribution in [0.1, 0.15) is 41.5 Å². The van der Waals surface area contributed by atoms with E-state index in [1.807, 2.05) is 31.2 Å². The second-order valence-electron chi connectivity index (χ2n) is 7.62. The van der Waals surface area contributed by atoms with Crippen molar-refractivity contribution in [3.05, 3.63) is 63.8 Å². The number of aromatic amines is 1. The van der Waals surface area contributed by atoms with E-state index in [4.69, 9.17) is 0 Å². The minimum absolute atomic E-state index is 0.110. The quantitative estimate of drug-likeness (QED) is 0.477. The van der Waals surface area contributed by atoms with Crippen LogP contribution in [-0.4, -0.2) is 40.0 Å². The number of aromatic nitrogens is 3. The summed E-state index contributed by atoms with van der Waals surface area (Å²) in [6.45, 7) is 2.67. The summed E-state index contributed by atoms with van der Waals surface area (Å²) in [5.41, 5.74) is 4.50. The number of rotatable bonds is 7. The van der Waals surface area contributed by atoms with Gasteiger partial charge in [-0.2, -0.15) is 0 Å². The lowest BCUT2D eigenvalue weighted by molar-refractivity contribution is 0.0958. The van der Waals surface area contributed by atoms with Crippen molar-refractivity contribution in [1.82, 2.24) is 25.6 Å². The molecule has 1 saturated carbocycles. The maximum atomic E-state index is 12.0. The Morgan fingerprint density at radius 3 is 2.73 bits per heavy atom. The number of fused-ring (bicyclic) bond motifs is 1. The van der Waals surface area contributed by atoms with Gasteiger partial charge in [0.2, 0.25) is 0 Å². The summed E-state index contributed by atoms with van der Waals surface area (Å²) in [6, 6.07) is 10.4. The van der Waals surface area contributed by atoms with Crippen molar-refractivity contribution in [3.63, 3.8) is 0 Å². The number of nitrogens with one attached hydrogen (secondary N) is 4. The van der Waals surface area contributed by atoms with E-state index in [0.717, 1.165) is 41.7 Å². The number of amides is 1. The van der Waals surface area contributed by atoms with Crippen LogP contribution in [0.3, 0.4) is 0 Å². The van der Waals surface area contributed by atoms with Crippen LogP contribution in [0.5, 0.6) is 0 Å². The molecule has 8 nitrogen and oxygen atoms in total. The smallest absolute Gasteiger partial charge is 0.270 e. The number of anilines is 1. The highest BCUT2D eigenvalue weighted by Gasteiger charge is 2.28. The Bertz CT molecular complexity index is 1100. The lowest BCUT2D eigenvalue weighted by Crippen LogP contribution is -2.47. The zero-order chi connectivity index (χ0) is 21.1. The van der Waals surface area contributed by atoms with Gasteiger partial charge in [-0.25, -0.2) is 9.97 Å². The molecular formula is C22H26N6O2. The summed E-state index contributed by atoms with van der Waals surface area (Å²) >= 11 is 0. The highest BCUT2D eigenvalue weighted by atomic mass is 16.1. The lowest BCUT2D eigenvalue weighted by atomic mass is 9.86. The zero-order valence-electron chi connectivity index (χ0n) is 17.2. The first-order valence-electron chi connectivity index (χ1n) is 10.3. The Hall–Kier alpha value is -3.26. The highest BCUT2D eigenvalue weighted by molar-refractivity contribution is 5.92. The number of carbonyl (C=O) groups excluding carboxylic acids is 1. The molecule has 156 valence electrons. The monoisotopic (exact) mass is 406 g/mol. The van der Waals surface area contributed by atoms with Crippen LogP contribution in [0.25, 0.3) is 11.0 Å². The molecule has 1 amide bonds. The molecule has 4 N–H and O–H groups in total. The Labute approximate surface area is 174 Å². The van der Waals surface area contributed by atoms with Gasteiger partial charge in [0.15, 0.2) is 0 Å². The molecule has 4 rings (SSSR count). The maximum Gasteiger partial charge on any atom is 0.270 e. The van der Waals surface area contributed by atoms with Crippen LogP contribution >= 0.6 is 0 Å². The molecule has 0 unspecified atom stereocenters. The Balaban J connectivity index is 1.27. The molecule has 1 aliphatic rings. The molecule has 2 heterocycles. The molecule has 0 saturated heterocycles. The molecule has 0 spiro atoms. The minimum atomic E-state index is -0.186. The van der Waals surface area contributed by atoms with Crippen LogP contribution < -0.4 is 21.5 Å². The van der Waals surface area contributed by atoms with Crippen LogP contribution in [0.2, 0.25) is 0 Å². The first kappa shape index (κ1) is 20.0. The van der Waals surface area contributed by atoms with E-state index in [9.17, 15) is 9.59 Å². The summed E-state index contributed by atoms with van der Waals surface area (Å²) < 4.78 is 0. The van der Waals surface area contributed by atoms with Gasteiger partial charge in [0.25, 0.3) is 11.5 Å². The predicted molar refractivity (Wildman–Crippen MR) is 117 cm³/mol. The van der Waals surface area contributed by atoms with Crippen molar-refractivity contribution in [2.24, 2.45) is 0 Å². The van der Waals surface area contributed by atoms with Gasteiger partial charge >= 0.3 is 0 Å². The second-order valence-corrected chi connectivity index (χ2v) is 7.62. The number of nitrogens with zero attached hydrogens (tertiary/aromatic N) is 2. The SMILES string of the molecule is CCc1nc2ccc(CNC3CC(Nc4ccc(C(=O)NC)nc4)C3)cc2[nH]c1=O. The van der Waals surface area contributed by atoms with Crippen LogP contribution in [0, 0.1) is 0 Å². The number of pyridine rings is 1. The summed E-state index contributed by atoms with van der Waals surface area (Å²) in [4.78, 5) is 35.1. The highest BCUT2D eigenvalue weighted by Crippen LogP contribution is 2.24.